The lowest BCUT2D eigenvalue weighted by molar-refractivity contribution is -0.138. The summed E-state index contributed by atoms with van der Waals surface area (Å²) in [6.07, 6.45) is 8.20. The van der Waals surface area contributed by atoms with Crippen molar-refractivity contribution >= 4 is 11.9 Å². The van der Waals surface area contributed by atoms with Crippen molar-refractivity contribution in [1.29, 1.82) is 0 Å². The summed E-state index contributed by atoms with van der Waals surface area (Å²) < 4.78 is 0. The van der Waals surface area contributed by atoms with Crippen LogP contribution in [0, 0.1) is 5.92 Å². The normalized spacial score (nSPS) is 25.7. The average molecular weight is 296 g/mol. The molecule has 0 aromatic carbocycles. The molecular weight excluding hydrogens is 268 g/mol. The number of fused-ring (bicyclic) bond motifs is 1. The topological polar surface area (TPSA) is 60.9 Å². The summed E-state index contributed by atoms with van der Waals surface area (Å²) in [5, 5.41) is 8.65. The Bertz CT molecular complexity index is 371. The Labute approximate surface area is 127 Å². The van der Waals surface area contributed by atoms with Crippen LogP contribution in [0.1, 0.15) is 51.4 Å². The molecule has 1 heterocycles. The molecule has 5 nitrogen and oxygen atoms in total. The molecule has 2 fully saturated rings. The third-order valence-electron chi connectivity index (χ3n) is 4.90. The second kappa shape index (κ2) is 7.78. The van der Waals surface area contributed by atoms with Gasteiger partial charge in [0.1, 0.15) is 0 Å². The van der Waals surface area contributed by atoms with Crippen molar-refractivity contribution in [3.05, 3.63) is 0 Å². The number of carbonyl (C=O) groups is 2. The molecule has 2 aliphatic rings. The second-order valence-corrected chi connectivity index (χ2v) is 6.58. The monoisotopic (exact) mass is 296 g/mol. The van der Waals surface area contributed by atoms with Crippen molar-refractivity contribution in [3.63, 3.8) is 0 Å². The highest BCUT2D eigenvalue weighted by Gasteiger charge is 2.35. The molecule has 1 saturated carbocycles. The van der Waals surface area contributed by atoms with Crippen LogP contribution in [0.3, 0.4) is 0 Å². The van der Waals surface area contributed by atoms with Gasteiger partial charge < -0.3 is 10.0 Å². The molecule has 1 aliphatic carbocycles. The van der Waals surface area contributed by atoms with Crippen LogP contribution in [0.5, 0.6) is 0 Å². The molecule has 1 aliphatic heterocycles. The Morgan fingerprint density at radius 2 is 1.90 bits per heavy atom. The first-order chi connectivity index (χ1) is 10.1. The van der Waals surface area contributed by atoms with Gasteiger partial charge in [-0.3, -0.25) is 14.5 Å². The molecule has 0 bridgehead atoms. The van der Waals surface area contributed by atoms with E-state index in [0.29, 0.717) is 31.5 Å². The van der Waals surface area contributed by atoms with Crippen LogP contribution >= 0.6 is 0 Å². The molecule has 1 amide bonds. The zero-order valence-electron chi connectivity index (χ0n) is 13.1. The summed E-state index contributed by atoms with van der Waals surface area (Å²) in [5.74, 6) is 0.175. The van der Waals surface area contributed by atoms with Gasteiger partial charge in [0, 0.05) is 19.0 Å². The lowest BCUT2D eigenvalue weighted by atomic mass is 9.78. The number of rotatable bonds is 6. The van der Waals surface area contributed by atoms with Gasteiger partial charge in [-0.25, -0.2) is 0 Å². The largest absolute Gasteiger partial charge is 0.481 e. The third-order valence-corrected chi connectivity index (χ3v) is 4.90. The number of nitrogens with zero attached hydrogens (tertiary/aromatic N) is 2. The number of carboxylic acid groups (broad SMARTS) is 1. The number of carbonyl (C=O) groups excluding carboxylic acids is 1. The van der Waals surface area contributed by atoms with E-state index in [1.807, 2.05) is 11.9 Å². The lowest BCUT2D eigenvalue weighted by Crippen LogP contribution is -2.52. The van der Waals surface area contributed by atoms with Crippen LogP contribution in [0.2, 0.25) is 0 Å². The average Bonchev–Trinajstić information content (AvgIpc) is 2.46. The number of amides is 1. The summed E-state index contributed by atoms with van der Waals surface area (Å²) in [4.78, 5) is 27.1. The van der Waals surface area contributed by atoms with Gasteiger partial charge in [0.2, 0.25) is 5.91 Å². The first-order valence-electron chi connectivity index (χ1n) is 8.27. The van der Waals surface area contributed by atoms with Crippen LogP contribution in [0.15, 0.2) is 0 Å². The maximum absolute atomic E-state index is 12.5. The maximum atomic E-state index is 12.5. The molecule has 1 saturated heterocycles. The standard InChI is InChI=1S/C16H28N2O3/c1-17(10-5-9-16(20)21)12-15(19)18-11-4-7-13-6-2-3-8-14(13)18/h13-14H,2-12H2,1H3,(H,20,21). The van der Waals surface area contributed by atoms with Crippen molar-refractivity contribution < 1.29 is 14.7 Å². The quantitative estimate of drug-likeness (QED) is 0.814. The predicted molar refractivity (Wildman–Crippen MR) is 81.1 cm³/mol. The minimum Gasteiger partial charge on any atom is -0.481 e. The Kier molecular flexibility index (Phi) is 6.03. The Balaban J connectivity index is 1.79. The lowest BCUT2D eigenvalue weighted by Gasteiger charge is -2.44. The van der Waals surface area contributed by atoms with Gasteiger partial charge in [-0.1, -0.05) is 12.8 Å². The molecule has 1 N–H and O–H groups in total. The van der Waals surface area contributed by atoms with E-state index in [0.717, 1.165) is 13.0 Å². The van der Waals surface area contributed by atoms with Crippen molar-refractivity contribution in [1.82, 2.24) is 9.80 Å². The Morgan fingerprint density at radius 3 is 2.67 bits per heavy atom. The van der Waals surface area contributed by atoms with E-state index in [2.05, 4.69) is 4.90 Å². The number of likely N-dealkylation sites (N-methyl/N-ethyl adjacent to an activating group) is 1. The minimum atomic E-state index is -0.768. The molecule has 5 heteroatoms. The van der Waals surface area contributed by atoms with Crippen molar-refractivity contribution in [2.24, 2.45) is 5.92 Å². The molecular formula is C16H28N2O3. The molecule has 0 radical (unpaired) electrons. The summed E-state index contributed by atoms with van der Waals surface area (Å²) >= 11 is 0. The third kappa shape index (κ3) is 4.70. The summed E-state index contributed by atoms with van der Waals surface area (Å²) in [6, 6.07) is 0.465. The maximum Gasteiger partial charge on any atom is 0.303 e. The molecule has 0 spiro atoms. The smallest absolute Gasteiger partial charge is 0.303 e. The van der Waals surface area contributed by atoms with Crippen LogP contribution in [0.25, 0.3) is 0 Å². The van der Waals surface area contributed by atoms with Gasteiger partial charge >= 0.3 is 5.97 Å². The van der Waals surface area contributed by atoms with E-state index in [1.165, 1.54) is 32.1 Å². The fraction of sp³-hybridized carbons (Fsp3) is 0.875. The van der Waals surface area contributed by atoms with E-state index in [9.17, 15) is 9.59 Å². The van der Waals surface area contributed by atoms with Gasteiger partial charge in [-0.2, -0.15) is 0 Å². The van der Waals surface area contributed by atoms with Crippen molar-refractivity contribution in [3.8, 4) is 0 Å². The highest BCUT2D eigenvalue weighted by atomic mass is 16.4. The minimum absolute atomic E-state index is 0.174. The van der Waals surface area contributed by atoms with E-state index < -0.39 is 5.97 Å². The van der Waals surface area contributed by atoms with Crippen LogP contribution in [0.4, 0.5) is 0 Å². The molecule has 120 valence electrons. The van der Waals surface area contributed by atoms with Gasteiger partial charge in [-0.05, 0) is 51.6 Å². The highest BCUT2D eigenvalue weighted by Crippen LogP contribution is 2.35. The van der Waals surface area contributed by atoms with Crippen LogP contribution in [-0.2, 0) is 9.59 Å². The first kappa shape index (κ1) is 16.3. The molecule has 21 heavy (non-hydrogen) atoms. The fourth-order valence-corrected chi connectivity index (χ4v) is 3.84. The fourth-order valence-electron chi connectivity index (χ4n) is 3.84. The predicted octanol–water partition coefficient (Wildman–Crippen LogP) is 1.96. The number of piperidine rings is 1. The molecule has 0 aromatic rings. The molecule has 0 aromatic heterocycles. The SMILES string of the molecule is CN(CCCC(=O)O)CC(=O)N1CCCC2CCCCC21. The van der Waals surface area contributed by atoms with Gasteiger partial charge in [0.15, 0.2) is 0 Å². The zero-order valence-corrected chi connectivity index (χ0v) is 13.1. The van der Waals surface area contributed by atoms with Crippen molar-refractivity contribution in [2.45, 2.75) is 57.4 Å². The zero-order chi connectivity index (χ0) is 15.2. The van der Waals surface area contributed by atoms with Crippen LogP contribution in [-0.4, -0.2) is 59.5 Å². The Hall–Kier alpha value is -1.10. The summed E-state index contributed by atoms with van der Waals surface area (Å²) in [7, 11) is 1.90. The number of aliphatic carboxylic acids is 1. The number of likely N-dealkylation sites (tertiary alicyclic amines) is 1. The van der Waals surface area contributed by atoms with E-state index in [1.54, 1.807) is 0 Å². The molecule has 2 atom stereocenters. The summed E-state index contributed by atoms with van der Waals surface area (Å²) in [6.45, 7) is 1.99. The highest BCUT2D eigenvalue weighted by molar-refractivity contribution is 5.78. The van der Waals surface area contributed by atoms with Gasteiger partial charge in [-0.15, -0.1) is 0 Å². The first-order valence-corrected chi connectivity index (χ1v) is 8.27. The molecule has 2 unspecified atom stereocenters. The number of hydrogen-bond acceptors (Lipinski definition) is 3. The van der Waals surface area contributed by atoms with E-state index >= 15 is 0 Å². The number of hydrogen-bond donors (Lipinski definition) is 1. The van der Waals surface area contributed by atoms with Crippen LogP contribution < -0.4 is 0 Å². The molecule has 2 rings (SSSR count). The number of carboxylic acids is 1. The summed E-state index contributed by atoms with van der Waals surface area (Å²) in [5.41, 5.74) is 0. The van der Waals surface area contributed by atoms with E-state index in [4.69, 9.17) is 5.11 Å². The van der Waals surface area contributed by atoms with E-state index in [-0.39, 0.29) is 12.3 Å². The van der Waals surface area contributed by atoms with Gasteiger partial charge in [0.25, 0.3) is 0 Å². The Morgan fingerprint density at radius 1 is 1.19 bits per heavy atom. The van der Waals surface area contributed by atoms with Gasteiger partial charge in [0.05, 0.1) is 6.54 Å². The van der Waals surface area contributed by atoms with Crippen molar-refractivity contribution in [2.75, 3.05) is 26.7 Å². The second-order valence-electron chi connectivity index (χ2n) is 6.58.